The predicted molar refractivity (Wildman–Crippen MR) is 116 cm³/mol. The molecule has 0 radical (unpaired) electrons. The molecule has 3 nitrogen and oxygen atoms in total. The van der Waals surface area contributed by atoms with E-state index >= 15 is 0 Å². The molecule has 1 atom stereocenters. The molecule has 1 aliphatic rings. The second-order valence-corrected chi connectivity index (χ2v) is 7.74. The highest BCUT2D eigenvalue weighted by Crippen LogP contribution is 2.34. The molecule has 3 aromatic rings. The first-order valence-corrected chi connectivity index (χ1v) is 10.1. The van der Waals surface area contributed by atoms with Gasteiger partial charge < -0.3 is 9.64 Å². The number of rotatable bonds is 5. The maximum atomic E-state index is 14.9. The van der Waals surface area contributed by atoms with Crippen molar-refractivity contribution in [2.75, 3.05) is 31.6 Å². The molecular weight excluding hydrogens is 387 g/mol. The number of nitrogens with zero attached hydrogens (tertiary/aromatic N) is 2. The van der Waals surface area contributed by atoms with Gasteiger partial charge >= 0.3 is 0 Å². The highest BCUT2D eigenvalue weighted by molar-refractivity contribution is 6.30. The van der Waals surface area contributed by atoms with Gasteiger partial charge in [-0.3, -0.25) is 4.90 Å². The topological polar surface area (TPSA) is 15.7 Å². The molecule has 0 bridgehead atoms. The van der Waals surface area contributed by atoms with Gasteiger partial charge in [0.1, 0.15) is 11.6 Å². The van der Waals surface area contributed by atoms with Crippen LogP contribution < -0.4 is 9.64 Å². The van der Waals surface area contributed by atoms with Crippen molar-refractivity contribution in [2.45, 2.75) is 12.6 Å². The molecule has 1 saturated heterocycles. The van der Waals surface area contributed by atoms with E-state index in [4.69, 9.17) is 16.3 Å². The van der Waals surface area contributed by atoms with Gasteiger partial charge in [-0.05, 0) is 35.4 Å². The van der Waals surface area contributed by atoms with E-state index in [1.54, 1.807) is 7.11 Å². The minimum atomic E-state index is -0.264. The lowest BCUT2D eigenvalue weighted by Crippen LogP contribution is -2.48. The standard InChI is InChI=1S/C24H24ClFN2O/c1-29-21-11-12-23(22(26)15-21)28-14-13-27(16-18-5-3-2-4-6-18)17-24(28)19-7-9-20(25)10-8-19/h2-12,15,24H,13-14,16-17H2,1H3/t24-/m0/s1. The summed E-state index contributed by atoms with van der Waals surface area (Å²) < 4.78 is 20.0. The largest absolute Gasteiger partial charge is 0.497 e. The Hall–Kier alpha value is -2.56. The van der Waals surface area contributed by atoms with Crippen LogP contribution in [0.25, 0.3) is 0 Å². The SMILES string of the molecule is COc1ccc(N2CCN(Cc3ccccc3)C[C@H]2c2ccc(Cl)cc2)c(F)c1. The Labute approximate surface area is 176 Å². The second-order valence-electron chi connectivity index (χ2n) is 7.30. The first-order valence-electron chi connectivity index (χ1n) is 9.76. The number of ether oxygens (including phenoxy) is 1. The Kier molecular flexibility index (Phi) is 6.02. The lowest BCUT2D eigenvalue weighted by Gasteiger charge is -2.43. The van der Waals surface area contributed by atoms with Crippen molar-refractivity contribution < 1.29 is 9.13 Å². The third-order valence-electron chi connectivity index (χ3n) is 5.43. The van der Waals surface area contributed by atoms with E-state index in [-0.39, 0.29) is 11.9 Å². The van der Waals surface area contributed by atoms with Gasteiger partial charge in [0.2, 0.25) is 0 Å². The molecule has 5 heteroatoms. The lowest BCUT2D eigenvalue weighted by molar-refractivity contribution is 0.215. The van der Waals surface area contributed by atoms with E-state index in [0.29, 0.717) is 16.5 Å². The summed E-state index contributed by atoms with van der Waals surface area (Å²) in [6.07, 6.45) is 0. The van der Waals surface area contributed by atoms with Gasteiger partial charge in [-0.25, -0.2) is 4.39 Å². The summed E-state index contributed by atoms with van der Waals surface area (Å²) in [5.74, 6) is 0.261. The summed E-state index contributed by atoms with van der Waals surface area (Å²) in [5, 5.41) is 0.702. The molecule has 1 aliphatic heterocycles. The zero-order valence-corrected chi connectivity index (χ0v) is 17.1. The number of hydrogen-bond acceptors (Lipinski definition) is 3. The van der Waals surface area contributed by atoms with E-state index in [1.807, 2.05) is 42.5 Å². The van der Waals surface area contributed by atoms with Gasteiger partial charge in [0.05, 0.1) is 18.8 Å². The zero-order valence-electron chi connectivity index (χ0n) is 16.4. The van der Waals surface area contributed by atoms with Gasteiger partial charge in [0.25, 0.3) is 0 Å². The third kappa shape index (κ3) is 4.55. The van der Waals surface area contributed by atoms with Crippen molar-refractivity contribution in [1.82, 2.24) is 4.90 Å². The van der Waals surface area contributed by atoms with Crippen molar-refractivity contribution in [1.29, 1.82) is 0 Å². The normalized spacial score (nSPS) is 17.3. The molecule has 150 valence electrons. The fraction of sp³-hybridized carbons (Fsp3) is 0.250. The number of halogens is 2. The Morgan fingerprint density at radius 2 is 1.76 bits per heavy atom. The van der Waals surface area contributed by atoms with Crippen LogP contribution >= 0.6 is 11.6 Å². The highest BCUT2D eigenvalue weighted by Gasteiger charge is 2.30. The smallest absolute Gasteiger partial charge is 0.150 e. The first kappa shape index (κ1) is 19.7. The summed E-state index contributed by atoms with van der Waals surface area (Å²) in [6.45, 7) is 3.29. The minimum absolute atomic E-state index is 0.0348. The summed E-state index contributed by atoms with van der Waals surface area (Å²) in [7, 11) is 1.55. The quantitative estimate of drug-likeness (QED) is 0.548. The maximum absolute atomic E-state index is 14.9. The summed E-state index contributed by atoms with van der Waals surface area (Å²) in [4.78, 5) is 4.58. The van der Waals surface area contributed by atoms with Gasteiger partial charge in [0, 0.05) is 37.3 Å². The zero-order chi connectivity index (χ0) is 20.2. The van der Waals surface area contributed by atoms with Gasteiger partial charge in [-0.15, -0.1) is 0 Å². The second kappa shape index (κ2) is 8.85. The van der Waals surface area contributed by atoms with E-state index < -0.39 is 0 Å². The van der Waals surface area contributed by atoms with Crippen LogP contribution in [0.3, 0.4) is 0 Å². The third-order valence-corrected chi connectivity index (χ3v) is 5.68. The Morgan fingerprint density at radius 1 is 1.00 bits per heavy atom. The average Bonchev–Trinajstić information content (AvgIpc) is 2.75. The number of anilines is 1. The molecule has 0 saturated carbocycles. The number of piperazine rings is 1. The van der Waals surface area contributed by atoms with Crippen molar-refractivity contribution in [3.63, 3.8) is 0 Å². The molecule has 4 rings (SSSR count). The highest BCUT2D eigenvalue weighted by atomic mass is 35.5. The van der Waals surface area contributed by atoms with Crippen molar-refractivity contribution in [3.05, 3.63) is 94.8 Å². The molecule has 1 fully saturated rings. The maximum Gasteiger partial charge on any atom is 0.150 e. The molecule has 3 aromatic carbocycles. The van der Waals surface area contributed by atoms with E-state index in [9.17, 15) is 4.39 Å². The molecule has 0 aromatic heterocycles. The molecule has 0 aliphatic carbocycles. The van der Waals surface area contributed by atoms with Crippen LogP contribution in [0.4, 0.5) is 10.1 Å². The van der Waals surface area contributed by atoms with Gasteiger partial charge in [-0.2, -0.15) is 0 Å². The Bertz CT molecular complexity index is 949. The van der Waals surface area contributed by atoms with Crippen molar-refractivity contribution >= 4 is 17.3 Å². The molecule has 0 amide bonds. The molecular formula is C24H24ClFN2O. The van der Waals surface area contributed by atoms with Crippen LogP contribution in [-0.2, 0) is 6.54 Å². The number of benzene rings is 3. The molecule has 29 heavy (non-hydrogen) atoms. The molecule has 1 heterocycles. The monoisotopic (exact) mass is 410 g/mol. The summed E-state index contributed by atoms with van der Waals surface area (Å²) in [6, 6.07) is 23.4. The van der Waals surface area contributed by atoms with Crippen molar-refractivity contribution in [2.24, 2.45) is 0 Å². The molecule has 0 spiro atoms. The van der Waals surface area contributed by atoms with Crippen LogP contribution in [0.1, 0.15) is 17.2 Å². The van der Waals surface area contributed by atoms with Crippen LogP contribution in [-0.4, -0.2) is 31.6 Å². The molecule has 0 unspecified atom stereocenters. The summed E-state index contributed by atoms with van der Waals surface area (Å²) >= 11 is 6.10. The van der Waals surface area contributed by atoms with Crippen LogP contribution in [0.5, 0.6) is 5.75 Å². The van der Waals surface area contributed by atoms with E-state index in [2.05, 4.69) is 34.1 Å². The van der Waals surface area contributed by atoms with E-state index in [0.717, 1.165) is 31.7 Å². The van der Waals surface area contributed by atoms with Crippen LogP contribution in [0, 0.1) is 5.82 Å². The van der Waals surface area contributed by atoms with Crippen molar-refractivity contribution in [3.8, 4) is 5.75 Å². The fourth-order valence-electron chi connectivity index (χ4n) is 3.93. The minimum Gasteiger partial charge on any atom is -0.497 e. The number of methoxy groups -OCH3 is 1. The van der Waals surface area contributed by atoms with Crippen LogP contribution in [0.2, 0.25) is 5.02 Å². The predicted octanol–water partition coefficient (Wildman–Crippen LogP) is 5.55. The van der Waals surface area contributed by atoms with Gasteiger partial charge in [0.15, 0.2) is 0 Å². The fourth-order valence-corrected chi connectivity index (χ4v) is 4.06. The molecule has 0 N–H and O–H groups in total. The Balaban J connectivity index is 1.63. The Morgan fingerprint density at radius 3 is 2.45 bits per heavy atom. The van der Waals surface area contributed by atoms with Gasteiger partial charge in [-0.1, -0.05) is 54.1 Å². The van der Waals surface area contributed by atoms with Crippen LogP contribution in [0.15, 0.2) is 72.8 Å². The first-order chi connectivity index (χ1) is 14.1. The average molecular weight is 411 g/mol. The lowest BCUT2D eigenvalue weighted by atomic mass is 10.0. The number of hydrogen-bond donors (Lipinski definition) is 0. The summed E-state index contributed by atoms with van der Waals surface area (Å²) in [5.41, 5.74) is 3.01. The van der Waals surface area contributed by atoms with E-state index in [1.165, 1.54) is 11.6 Å².